The number of carbonyl (C=O) groups excluding carboxylic acids is 1. The van der Waals surface area contributed by atoms with Gasteiger partial charge in [-0.05, 0) is 19.1 Å². The quantitative estimate of drug-likeness (QED) is 0.274. The average Bonchev–Trinajstić information content (AvgIpc) is 2.48. The fourth-order valence-electron chi connectivity index (χ4n) is 2.00. The molecule has 0 heterocycles. The van der Waals surface area contributed by atoms with Crippen molar-refractivity contribution in [1.82, 2.24) is 0 Å². The molecule has 2 aromatic carbocycles. The van der Waals surface area contributed by atoms with E-state index in [0.717, 1.165) is 10.3 Å². The minimum absolute atomic E-state index is 0.00656. The van der Waals surface area contributed by atoms with Crippen molar-refractivity contribution >= 4 is 12.0 Å². The standard InChI is InChI=1S/C17H17NO2/c1-14(17(19)16-10-6-3-7-11-16)12-18(20)13-15-8-4-2-5-9-15/h2-11,13-14H,12H2,1H3. The number of ketones is 1. The van der Waals surface area contributed by atoms with Crippen molar-refractivity contribution in [1.29, 1.82) is 0 Å². The summed E-state index contributed by atoms with van der Waals surface area (Å²) in [5.41, 5.74) is 1.48. The van der Waals surface area contributed by atoms with Crippen LogP contribution in [0.1, 0.15) is 22.8 Å². The molecule has 0 fully saturated rings. The van der Waals surface area contributed by atoms with Crippen LogP contribution in [-0.2, 0) is 0 Å². The fourth-order valence-corrected chi connectivity index (χ4v) is 2.00. The van der Waals surface area contributed by atoms with Crippen molar-refractivity contribution in [2.75, 3.05) is 6.54 Å². The van der Waals surface area contributed by atoms with E-state index in [0.29, 0.717) is 5.56 Å². The highest BCUT2D eigenvalue weighted by Gasteiger charge is 2.18. The lowest BCUT2D eigenvalue weighted by atomic mass is 9.99. The van der Waals surface area contributed by atoms with Gasteiger partial charge in [-0.2, -0.15) is 0 Å². The second-order valence-corrected chi connectivity index (χ2v) is 4.77. The first-order valence-corrected chi connectivity index (χ1v) is 6.60. The Bertz CT molecular complexity index is 591. The van der Waals surface area contributed by atoms with Gasteiger partial charge in [0.1, 0.15) is 0 Å². The minimum atomic E-state index is -0.338. The van der Waals surface area contributed by atoms with Gasteiger partial charge in [0.2, 0.25) is 0 Å². The largest absolute Gasteiger partial charge is 0.624 e. The number of benzene rings is 2. The first kappa shape index (κ1) is 14.0. The van der Waals surface area contributed by atoms with E-state index < -0.39 is 0 Å². The maximum atomic E-state index is 12.2. The fraction of sp³-hybridized carbons (Fsp3) is 0.176. The van der Waals surface area contributed by atoms with Crippen LogP contribution in [0.15, 0.2) is 60.7 Å². The molecule has 0 N–H and O–H groups in total. The van der Waals surface area contributed by atoms with Crippen molar-refractivity contribution < 1.29 is 9.53 Å². The van der Waals surface area contributed by atoms with Gasteiger partial charge in [-0.3, -0.25) is 4.79 Å². The number of Topliss-reactive ketones (excluding diaryl/α,β-unsaturated/α-hetero) is 1. The molecule has 0 saturated carbocycles. The molecule has 0 saturated heterocycles. The summed E-state index contributed by atoms with van der Waals surface area (Å²) in [7, 11) is 0. The molecule has 0 amide bonds. The summed E-state index contributed by atoms with van der Waals surface area (Å²) in [6.45, 7) is 1.93. The van der Waals surface area contributed by atoms with Crippen molar-refractivity contribution in [3.05, 3.63) is 77.0 Å². The third kappa shape index (κ3) is 3.79. The van der Waals surface area contributed by atoms with Gasteiger partial charge in [0.05, 0.1) is 5.92 Å². The van der Waals surface area contributed by atoms with Crippen LogP contribution in [0.4, 0.5) is 0 Å². The summed E-state index contributed by atoms with van der Waals surface area (Å²) < 4.78 is 0.820. The molecule has 0 spiro atoms. The monoisotopic (exact) mass is 267 g/mol. The van der Waals surface area contributed by atoms with E-state index in [1.807, 2.05) is 48.5 Å². The molecule has 0 aromatic heterocycles. The summed E-state index contributed by atoms with van der Waals surface area (Å²) in [6, 6.07) is 18.4. The predicted molar refractivity (Wildman–Crippen MR) is 80.0 cm³/mol. The summed E-state index contributed by atoms with van der Waals surface area (Å²) in [5.74, 6) is -0.345. The van der Waals surface area contributed by atoms with Crippen molar-refractivity contribution in [3.63, 3.8) is 0 Å². The molecule has 0 radical (unpaired) electrons. The van der Waals surface area contributed by atoms with Gasteiger partial charge in [-0.15, -0.1) is 0 Å². The van der Waals surface area contributed by atoms with E-state index in [4.69, 9.17) is 0 Å². The molecular weight excluding hydrogens is 250 g/mol. The zero-order valence-electron chi connectivity index (χ0n) is 11.4. The van der Waals surface area contributed by atoms with E-state index in [1.165, 1.54) is 6.21 Å². The van der Waals surface area contributed by atoms with Crippen LogP contribution in [0.25, 0.3) is 0 Å². The van der Waals surface area contributed by atoms with E-state index in [1.54, 1.807) is 19.1 Å². The molecule has 3 heteroatoms. The first-order chi connectivity index (χ1) is 9.66. The number of hydroxylamine groups is 1. The number of carbonyl (C=O) groups is 1. The molecular formula is C17H17NO2. The molecule has 1 unspecified atom stereocenters. The highest BCUT2D eigenvalue weighted by molar-refractivity contribution is 5.97. The van der Waals surface area contributed by atoms with Gasteiger partial charge in [0.25, 0.3) is 0 Å². The van der Waals surface area contributed by atoms with Gasteiger partial charge >= 0.3 is 0 Å². The highest BCUT2D eigenvalue weighted by Crippen LogP contribution is 2.08. The summed E-state index contributed by atoms with van der Waals surface area (Å²) in [4.78, 5) is 12.2. The van der Waals surface area contributed by atoms with Crippen LogP contribution in [0.2, 0.25) is 0 Å². The number of hydrogen-bond donors (Lipinski definition) is 0. The molecule has 102 valence electrons. The molecule has 0 aliphatic rings. The third-order valence-corrected chi connectivity index (χ3v) is 3.05. The topological polar surface area (TPSA) is 43.1 Å². The Kier molecular flexibility index (Phi) is 4.66. The minimum Gasteiger partial charge on any atom is -0.624 e. The van der Waals surface area contributed by atoms with Crippen LogP contribution in [-0.4, -0.2) is 23.3 Å². The lowest BCUT2D eigenvalue weighted by Gasteiger charge is -2.10. The summed E-state index contributed by atoms with van der Waals surface area (Å²) >= 11 is 0. The van der Waals surface area contributed by atoms with Crippen molar-refractivity contribution in [2.24, 2.45) is 5.92 Å². The van der Waals surface area contributed by atoms with Crippen LogP contribution in [0, 0.1) is 11.1 Å². The molecule has 2 rings (SSSR count). The maximum absolute atomic E-state index is 12.2. The zero-order valence-corrected chi connectivity index (χ0v) is 11.4. The highest BCUT2D eigenvalue weighted by atomic mass is 16.5. The van der Waals surface area contributed by atoms with Crippen LogP contribution in [0.5, 0.6) is 0 Å². The molecule has 2 aromatic rings. The van der Waals surface area contributed by atoms with Crippen LogP contribution < -0.4 is 0 Å². The second kappa shape index (κ2) is 6.66. The smallest absolute Gasteiger partial charge is 0.181 e. The molecule has 0 aliphatic heterocycles. The molecule has 0 aliphatic carbocycles. The van der Waals surface area contributed by atoms with Gasteiger partial charge < -0.3 is 5.21 Å². The van der Waals surface area contributed by atoms with Gasteiger partial charge in [-0.1, -0.05) is 48.5 Å². The maximum Gasteiger partial charge on any atom is 0.181 e. The molecule has 20 heavy (non-hydrogen) atoms. The van der Waals surface area contributed by atoms with E-state index in [2.05, 4.69) is 0 Å². The summed E-state index contributed by atoms with van der Waals surface area (Å²) in [5, 5.41) is 11.9. The van der Waals surface area contributed by atoms with Crippen LogP contribution in [0.3, 0.4) is 0 Å². The Labute approximate surface area is 118 Å². The number of nitrogens with zero attached hydrogens (tertiary/aromatic N) is 1. The average molecular weight is 267 g/mol. The van der Waals surface area contributed by atoms with Gasteiger partial charge in [-0.25, -0.2) is 4.74 Å². The van der Waals surface area contributed by atoms with E-state index >= 15 is 0 Å². The first-order valence-electron chi connectivity index (χ1n) is 6.60. The Morgan fingerprint density at radius 3 is 2.25 bits per heavy atom. The second-order valence-electron chi connectivity index (χ2n) is 4.77. The van der Waals surface area contributed by atoms with Crippen LogP contribution >= 0.6 is 0 Å². The van der Waals surface area contributed by atoms with E-state index in [-0.39, 0.29) is 18.2 Å². The van der Waals surface area contributed by atoms with Crippen molar-refractivity contribution in [2.45, 2.75) is 6.92 Å². The van der Waals surface area contributed by atoms with Crippen molar-refractivity contribution in [3.8, 4) is 0 Å². The van der Waals surface area contributed by atoms with Gasteiger partial charge in [0, 0.05) is 11.1 Å². The Morgan fingerprint density at radius 1 is 1.10 bits per heavy atom. The SMILES string of the molecule is CC(C[N+]([O-])=Cc1ccccc1)C(=O)c1ccccc1. The molecule has 3 nitrogen and oxygen atoms in total. The Balaban J connectivity index is 2.03. The zero-order chi connectivity index (χ0) is 14.4. The number of hydrogen-bond acceptors (Lipinski definition) is 2. The lowest BCUT2D eigenvalue weighted by molar-refractivity contribution is -0.457. The summed E-state index contributed by atoms with van der Waals surface area (Å²) in [6.07, 6.45) is 1.51. The van der Waals surface area contributed by atoms with Gasteiger partial charge in [0.15, 0.2) is 18.5 Å². The Hall–Kier alpha value is -2.42. The molecule has 1 atom stereocenters. The number of rotatable bonds is 5. The lowest BCUT2D eigenvalue weighted by Crippen LogP contribution is -2.22. The molecule has 0 bridgehead atoms. The van der Waals surface area contributed by atoms with E-state index in [9.17, 15) is 10.0 Å². The third-order valence-electron chi connectivity index (χ3n) is 3.05. The normalized spacial score (nSPS) is 12.9. The Morgan fingerprint density at radius 2 is 1.65 bits per heavy atom. The predicted octanol–water partition coefficient (Wildman–Crippen LogP) is 3.13.